The number of methoxy groups -OCH3 is 1. The molecule has 1 rings (SSSR count). The standard InChI is InChI=1S/C12H19BO5/c1-10(9-16-2)17-7-8-18-12-5-3-11(4-6-12)13(14)15/h3-6,10,14-15H,7-9H2,1-2H3. The quantitative estimate of drug-likeness (QED) is 0.496. The lowest BCUT2D eigenvalue weighted by atomic mass is 9.80. The molecular formula is C12H19BO5. The van der Waals surface area contributed by atoms with Crippen molar-refractivity contribution in [2.24, 2.45) is 0 Å². The van der Waals surface area contributed by atoms with E-state index >= 15 is 0 Å². The second-order valence-corrected chi connectivity index (χ2v) is 3.93. The highest BCUT2D eigenvalue weighted by atomic mass is 16.5. The molecule has 0 saturated carbocycles. The Bertz CT molecular complexity index is 328. The molecule has 0 amide bonds. The zero-order valence-corrected chi connectivity index (χ0v) is 10.7. The van der Waals surface area contributed by atoms with Gasteiger partial charge in [0.2, 0.25) is 0 Å². The van der Waals surface area contributed by atoms with E-state index in [0.717, 1.165) is 0 Å². The first-order valence-electron chi connectivity index (χ1n) is 5.83. The van der Waals surface area contributed by atoms with E-state index in [2.05, 4.69) is 0 Å². The molecule has 0 radical (unpaired) electrons. The maximum absolute atomic E-state index is 8.92. The first-order valence-corrected chi connectivity index (χ1v) is 5.83. The number of hydrogen-bond acceptors (Lipinski definition) is 5. The first-order chi connectivity index (χ1) is 8.63. The summed E-state index contributed by atoms with van der Waals surface area (Å²) in [6.07, 6.45) is 0.0468. The highest BCUT2D eigenvalue weighted by Gasteiger charge is 2.09. The van der Waals surface area contributed by atoms with Crippen molar-refractivity contribution in [1.82, 2.24) is 0 Å². The summed E-state index contributed by atoms with van der Waals surface area (Å²) in [5.41, 5.74) is 0.437. The van der Waals surface area contributed by atoms with E-state index in [1.807, 2.05) is 6.92 Å². The third-order valence-corrected chi connectivity index (χ3v) is 2.33. The van der Waals surface area contributed by atoms with Crippen molar-refractivity contribution in [3.05, 3.63) is 24.3 Å². The summed E-state index contributed by atoms with van der Waals surface area (Å²) in [5, 5.41) is 17.8. The van der Waals surface area contributed by atoms with Gasteiger partial charge in [-0.05, 0) is 24.5 Å². The molecule has 1 aromatic rings. The van der Waals surface area contributed by atoms with Gasteiger partial charge in [-0.3, -0.25) is 0 Å². The Morgan fingerprint density at radius 1 is 1.17 bits per heavy atom. The Kier molecular flexibility index (Phi) is 6.74. The highest BCUT2D eigenvalue weighted by molar-refractivity contribution is 6.58. The van der Waals surface area contributed by atoms with Gasteiger partial charge in [0.15, 0.2) is 0 Å². The van der Waals surface area contributed by atoms with E-state index in [-0.39, 0.29) is 6.10 Å². The van der Waals surface area contributed by atoms with Gasteiger partial charge in [-0.1, -0.05) is 12.1 Å². The molecule has 0 heterocycles. The molecule has 1 aromatic carbocycles. The zero-order chi connectivity index (χ0) is 13.4. The lowest BCUT2D eigenvalue weighted by Gasteiger charge is -2.12. The van der Waals surface area contributed by atoms with Crippen LogP contribution in [0.5, 0.6) is 5.75 Å². The summed E-state index contributed by atoms with van der Waals surface area (Å²) in [7, 11) is 0.185. The molecule has 0 aliphatic rings. The Balaban J connectivity index is 2.23. The van der Waals surface area contributed by atoms with Crippen molar-refractivity contribution < 1.29 is 24.3 Å². The molecule has 5 nitrogen and oxygen atoms in total. The summed E-state index contributed by atoms with van der Waals surface area (Å²) in [5.74, 6) is 0.669. The van der Waals surface area contributed by atoms with Gasteiger partial charge >= 0.3 is 7.12 Å². The van der Waals surface area contributed by atoms with Crippen molar-refractivity contribution in [1.29, 1.82) is 0 Å². The number of ether oxygens (including phenoxy) is 3. The molecular weight excluding hydrogens is 235 g/mol. The maximum atomic E-state index is 8.92. The summed E-state index contributed by atoms with van der Waals surface area (Å²) in [6, 6.07) is 6.59. The fraction of sp³-hybridized carbons (Fsp3) is 0.500. The van der Waals surface area contributed by atoms with Crippen molar-refractivity contribution in [2.75, 3.05) is 26.9 Å². The molecule has 0 saturated heterocycles. The van der Waals surface area contributed by atoms with E-state index < -0.39 is 7.12 Å². The minimum absolute atomic E-state index is 0.0468. The molecule has 0 spiro atoms. The van der Waals surface area contributed by atoms with Crippen LogP contribution < -0.4 is 10.2 Å². The van der Waals surface area contributed by atoms with E-state index in [9.17, 15) is 0 Å². The fourth-order valence-electron chi connectivity index (χ4n) is 1.43. The molecule has 1 unspecified atom stereocenters. The van der Waals surface area contributed by atoms with Crippen LogP contribution in [0.2, 0.25) is 0 Å². The summed E-state index contributed by atoms with van der Waals surface area (Å²) in [6.45, 7) is 3.41. The minimum Gasteiger partial charge on any atom is -0.491 e. The van der Waals surface area contributed by atoms with Gasteiger partial charge in [-0.2, -0.15) is 0 Å². The van der Waals surface area contributed by atoms with Crippen LogP contribution in [-0.2, 0) is 9.47 Å². The molecule has 6 heteroatoms. The van der Waals surface area contributed by atoms with E-state index in [4.69, 9.17) is 24.3 Å². The molecule has 0 aromatic heterocycles. The van der Waals surface area contributed by atoms with Crippen molar-refractivity contribution in [2.45, 2.75) is 13.0 Å². The topological polar surface area (TPSA) is 68.2 Å². The molecule has 0 fully saturated rings. The number of rotatable bonds is 8. The Hall–Kier alpha value is -1.08. The third-order valence-electron chi connectivity index (χ3n) is 2.33. The van der Waals surface area contributed by atoms with Gasteiger partial charge in [-0.15, -0.1) is 0 Å². The second kappa shape index (κ2) is 8.10. The highest BCUT2D eigenvalue weighted by Crippen LogP contribution is 2.07. The largest absolute Gasteiger partial charge is 0.491 e. The van der Waals surface area contributed by atoms with Crippen molar-refractivity contribution in [3.63, 3.8) is 0 Å². The van der Waals surface area contributed by atoms with E-state index in [1.54, 1.807) is 31.4 Å². The monoisotopic (exact) mass is 254 g/mol. The van der Waals surface area contributed by atoms with Crippen LogP contribution in [0.25, 0.3) is 0 Å². The molecule has 1 atom stereocenters. The van der Waals surface area contributed by atoms with Gasteiger partial charge in [0.25, 0.3) is 0 Å². The minimum atomic E-state index is -1.45. The van der Waals surface area contributed by atoms with Gasteiger partial charge in [0.1, 0.15) is 12.4 Å². The summed E-state index contributed by atoms with van der Waals surface area (Å²) in [4.78, 5) is 0. The van der Waals surface area contributed by atoms with Crippen LogP contribution in [0.1, 0.15) is 6.92 Å². The zero-order valence-electron chi connectivity index (χ0n) is 10.7. The maximum Gasteiger partial charge on any atom is 0.488 e. The molecule has 0 aliphatic carbocycles. The third kappa shape index (κ3) is 5.51. The first kappa shape index (κ1) is 15.0. The van der Waals surface area contributed by atoms with Crippen LogP contribution in [-0.4, -0.2) is 50.2 Å². The molecule has 100 valence electrons. The van der Waals surface area contributed by atoms with Gasteiger partial charge < -0.3 is 24.3 Å². The molecule has 0 bridgehead atoms. The van der Waals surface area contributed by atoms with Crippen molar-refractivity contribution >= 4 is 12.6 Å². The normalized spacial score (nSPS) is 12.2. The fourth-order valence-corrected chi connectivity index (χ4v) is 1.43. The van der Waals surface area contributed by atoms with E-state index in [0.29, 0.717) is 31.0 Å². The predicted molar refractivity (Wildman–Crippen MR) is 69.1 cm³/mol. The van der Waals surface area contributed by atoms with Gasteiger partial charge in [-0.25, -0.2) is 0 Å². The average molecular weight is 254 g/mol. The molecule has 0 aliphatic heterocycles. The Morgan fingerprint density at radius 3 is 2.39 bits per heavy atom. The average Bonchev–Trinajstić information content (AvgIpc) is 2.35. The van der Waals surface area contributed by atoms with E-state index in [1.165, 1.54) is 0 Å². The van der Waals surface area contributed by atoms with Crippen LogP contribution in [0.15, 0.2) is 24.3 Å². The lowest BCUT2D eigenvalue weighted by Crippen LogP contribution is -2.29. The van der Waals surface area contributed by atoms with Crippen LogP contribution >= 0.6 is 0 Å². The SMILES string of the molecule is COCC(C)OCCOc1ccc(B(O)O)cc1. The van der Waals surface area contributed by atoms with Crippen molar-refractivity contribution in [3.8, 4) is 5.75 Å². The smallest absolute Gasteiger partial charge is 0.488 e. The van der Waals surface area contributed by atoms with Crippen LogP contribution in [0.3, 0.4) is 0 Å². The number of benzene rings is 1. The van der Waals surface area contributed by atoms with Crippen LogP contribution in [0.4, 0.5) is 0 Å². The summed E-state index contributed by atoms with van der Waals surface area (Å²) < 4.78 is 15.8. The van der Waals surface area contributed by atoms with Crippen LogP contribution in [0, 0.1) is 0 Å². The Morgan fingerprint density at radius 2 is 1.83 bits per heavy atom. The molecule has 18 heavy (non-hydrogen) atoms. The lowest BCUT2D eigenvalue weighted by molar-refractivity contribution is -0.00214. The number of hydrogen-bond donors (Lipinski definition) is 2. The summed E-state index contributed by atoms with van der Waals surface area (Å²) >= 11 is 0. The van der Waals surface area contributed by atoms with Gasteiger partial charge in [0.05, 0.1) is 19.3 Å². The Labute approximate surface area is 107 Å². The molecule has 2 N–H and O–H groups in total. The van der Waals surface area contributed by atoms with Gasteiger partial charge in [0, 0.05) is 7.11 Å². The second-order valence-electron chi connectivity index (χ2n) is 3.93. The predicted octanol–water partition coefficient (Wildman–Crippen LogP) is -0.203.